The van der Waals surface area contributed by atoms with E-state index in [1.165, 1.54) is 12.8 Å². The summed E-state index contributed by atoms with van der Waals surface area (Å²) in [6.07, 6.45) is 2.44. The Morgan fingerprint density at radius 3 is 2.86 bits per heavy atom. The van der Waals surface area contributed by atoms with Gasteiger partial charge in [-0.15, -0.1) is 0 Å². The normalized spacial score (nSPS) is 16.5. The Morgan fingerprint density at radius 1 is 1.57 bits per heavy atom. The Hall–Kier alpha value is -0.940. The molecule has 0 atom stereocenters. The van der Waals surface area contributed by atoms with Crippen LogP contribution in [0, 0.1) is 6.92 Å². The molecule has 1 aromatic rings. The van der Waals surface area contributed by atoms with E-state index >= 15 is 0 Å². The van der Waals surface area contributed by atoms with Crippen LogP contribution in [0.1, 0.15) is 24.6 Å². The molecule has 0 radical (unpaired) electrons. The molecule has 0 aromatic carbocycles. The number of aryl methyl sites for hydroxylation is 1. The zero-order valence-electron chi connectivity index (χ0n) is 8.31. The molecule has 0 bridgehead atoms. The number of aliphatic hydroxyl groups is 1. The third-order valence-electron chi connectivity index (χ3n) is 2.36. The average Bonchev–Trinajstić information content (AvgIpc) is 2.91. The maximum absolute atomic E-state index is 8.89. The van der Waals surface area contributed by atoms with Gasteiger partial charge in [0.25, 0.3) is 0 Å². The quantitative estimate of drug-likeness (QED) is 0.737. The first kappa shape index (κ1) is 9.61. The van der Waals surface area contributed by atoms with Crippen molar-refractivity contribution in [3.8, 4) is 0 Å². The van der Waals surface area contributed by atoms with Crippen molar-refractivity contribution >= 4 is 0 Å². The smallest absolute Gasteiger partial charge is 0.223 e. The Balaban J connectivity index is 1.92. The van der Waals surface area contributed by atoms with Crippen LogP contribution in [0.4, 0.5) is 0 Å². The fraction of sp³-hybridized carbons (Fsp3) is 0.778. The van der Waals surface area contributed by atoms with Crippen molar-refractivity contribution in [1.29, 1.82) is 0 Å². The summed E-state index contributed by atoms with van der Waals surface area (Å²) in [5, 5.41) is 12.7. The fourth-order valence-electron chi connectivity index (χ4n) is 1.55. The van der Waals surface area contributed by atoms with E-state index in [4.69, 9.17) is 9.63 Å². The van der Waals surface area contributed by atoms with Crippen molar-refractivity contribution in [1.82, 2.24) is 15.0 Å². The lowest BCUT2D eigenvalue weighted by molar-refractivity contribution is 0.179. The molecule has 14 heavy (non-hydrogen) atoms. The third kappa shape index (κ3) is 2.30. The molecule has 1 aliphatic carbocycles. The van der Waals surface area contributed by atoms with E-state index in [0.29, 0.717) is 30.8 Å². The first-order valence-electron chi connectivity index (χ1n) is 4.93. The molecule has 1 heterocycles. The predicted octanol–water partition coefficient (Wildman–Crippen LogP) is 0.335. The molecule has 78 valence electrons. The molecule has 1 saturated carbocycles. The number of hydrogen-bond acceptors (Lipinski definition) is 5. The monoisotopic (exact) mass is 197 g/mol. The van der Waals surface area contributed by atoms with Crippen LogP contribution in [0.2, 0.25) is 0 Å². The highest BCUT2D eigenvalue weighted by atomic mass is 16.5. The van der Waals surface area contributed by atoms with Crippen LogP contribution in [0.15, 0.2) is 4.52 Å². The molecule has 0 unspecified atom stereocenters. The van der Waals surface area contributed by atoms with E-state index in [1.807, 2.05) is 0 Å². The summed E-state index contributed by atoms with van der Waals surface area (Å²) in [5.74, 6) is 1.31. The van der Waals surface area contributed by atoms with Gasteiger partial charge >= 0.3 is 0 Å². The second-order valence-corrected chi connectivity index (χ2v) is 3.65. The third-order valence-corrected chi connectivity index (χ3v) is 2.36. The highest BCUT2D eigenvalue weighted by molar-refractivity contribution is 4.90. The number of aromatic nitrogens is 2. The van der Waals surface area contributed by atoms with Gasteiger partial charge in [0.1, 0.15) is 0 Å². The second-order valence-electron chi connectivity index (χ2n) is 3.65. The van der Waals surface area contributed by atoms with Crippen molar-refractivity contribution in [2.45, 2.75) is 32.4 Å². The SMILES string of the molecule is Cc1nc(CN(CCO)C2CC2)no1. The molecule has 0 saturated heterocycles. The molecule has 0 aliphatic heterocycles. The average molecular weight is 197 g/mol. The van der Waals surface area contributed by atoms with Gasteiger partial charge in [-0.2, -0.15) is 4.98 Å². The van der Waals surface area contributed by atoms with Crippen molar-refractivity contribution in [2.75, 3.05) is 13.2 Å². The largest absolute Gasteiger partial charge is 0.395 e. The van der Waals surface area contributed by atoms with E-state index in [0.717, 1.165) is 0 Å². The van der Waals surface area contributed by atoms with Gasteiger partial charge in [0.05, 0.1) is 13.2 Å². The van der Waals surface area contributed by atoms with Crippen LogP contribution >= 0.6 is 0 Å². The lowest BCUT2D eigenvalue weighted by Gasteiger charge is -2.18. The van der Waals surface area contributed by atoms with Gasteiger partial charge in [-0.05, 0) is 12.8 Å². The zero-order valence-corrected chi connectivity index (χ0v) is 8.31. The summed E-state index contributed by atoms with van der Waals surface area (Å²) in [6, 6.07) is 0.612. The topological polar surface area (TPSA) is 62.4 Å². The van der Waals surface area contributed by atoms with E-state index < -0.39 is 0 Å². The summed E-state index contributed by atoms with van der Waals surface area (Å²) in [4.78, 5) is 6.34. The van der Waals surface area contributed by atoms with Crippen molar-refractivity contribution in [3.63, 3.8) is 0 Å². The van der Waals surface area contributed by atoms with Crippen molar-refractivity contribution in [2.24, 2.45) is 0 Å². The highest BCUT2D eigenvalue weighted by Gasteiger charge is 2.29. The zero-order chi connectivity index (χ0) is 9.97. The summed E-state index contributed by atoms with van der Waals surface area (Å²) < 4.78 is 4.89. The van der Waals surface area contributed by atoms with Crippen LogP contribution in [0.3, 0.4) is 0 Å². The predicted molar refractivity (Wildman–Crippen MR) is 49.6 cm³/mol. The first-order valence-corrected chi connectivity index (χ1v) is 4.93. The lowest BCUT2D eigenvalue weighted by Crippen LogP contribution is -2.29. The highest BCUT2D eigenvalue weighted by Crippen LogP contribution is 2.27. The van der Waals surface area contributed by atoms with E-state index in [-0.39, 0.29) is 6.61 Å². The van der Waals surface area contributed by atoms with Gasteiger partial charge in [-0.25, -0.2) is 0 Å². The number of aliphatic hydroxyl groups excluding tert-OH is 1. The molecule has 5 nitrogen and oxygen atoms in total. The van der Waals surface area contributed by atoms with Crippen LogP contribution in [0.25, 0.3) is 0 Å². The number of rotatable bonds is 5. The van der Waals surface area contributed by atoms with Gasteiger partial charge < -0.3 is 9.63 Å². The van der Waals surface area contributed by atoms with E-state index in [9.17, 15) is 0 Å². The molecule has 1 fully saturated rings. The molecule has 1 aromatic heterocycles. The summed E-state index contributed by atoms with van der Waals surface area (Å²) in [5.41, 5.74) is 0. The Kier molecular flexibility index (Phi) is 2.79. The van der Waals surface area contributed by atoms with Gasteiger partial charge in [0.15, 0.2) is 5.82 Å². The standard InChI is InChI=1S/C9H15N3O2/c1-7-10-9(11-14-7)6-12(4-5-13)8-2-3-8/h8,13H,2-6H2,1H3. The van der Waals surface area contributed by atoms with E-state index in [1.54, 1.807) is 6.92 Å². The maximum Gasteiger partial charge on any atom is 0.223 e. The van der Waals surface area contributed by atoms with Crippen LogP contribution in [-0.4, -0.2) is 39.3 Å². The van der Waals surface area contributed by atoms with Crippen molar-refractivity contribution < 1.29 is 9.63 Å². The molecule has 1 aliphatic rings. The number of hydrogen-bond donors (Lipinski definition) is 1. The lowest BCUT2D eigenvalue weighted by atomic mass is 10.4. The molecule has 0 amide bonds. The minimum Gasteiger partial charge on any atom is -0.395 e. The van der Waals surface area contributed by atoms with Crippen LogP contribution in [-0.2, 0) is 6.54 Å². The fourth-order valence-corrected chi connectivity index (χ4v) is 1.55. The molecule has 2 rings (SSSR count). The molecule has 0 spiro atoms. The molecule has 1 N–H and O–H groups in total. The van der Waals surface area contributed by atoms with Crippen molar-refractivity contribution in [3.05, 3.63) is 11.7 Å². The molecular weight excluding hydrogens is 182 g/mol. The second kappa shape index (κ2) is 4.06. The Labute approximate surface area is 82.7 Å². The summed E-state index contributed by atoms with van der Waals surface area (Å²) in [7, 11) is 0. The van der Waals surface area contributed by atoms with Gasteiger partial charge in [0.2, 0.25) is 5.89 Å². The van der Waals surface area contributed by atoms with Gasteiger partial charge in [0, 0.05) is 19.5 Å². The van der Waals surface area contributed by atoms with Crippen LogP contribution in [0.5, 0.6) is 0 Å². The minimum atomic E-state index is 0.188. The van der Waals surface area contributed by atoms with E-state index in [2.05, 4.69) is 15.0 Å². The Bertz CT molecular complexity index is 296. The van der Waals surface area contributed by atoms with Gasteiger partial charge in [-0.3, -0.25) is 4.90 Å². The minimum absolute atomic E-state index is 0.188. The van der Waals surface area contributed by atoms with Crippen LogP contribution < -0.4 is 0 Å². The summed E-state index contributed by atoms with van der Waals surface area (Å²) >= 11 is 0. The Morgan fingerprint density at radius 2 is 2.36 bits per heavy atom. The molecular formula is C9H15N3O2. The first-order chi connectivity index (χ1) is 6.79. The molecule has 5 heteroatoms. The number of nitrogens with zero attached hydrogens (tertiary/aromatic N) is 3. The summed E-state index contributed by atoms with van der Waals surface area (Å²) in [6.45, 7) is 3.35. The maximum atomic E-state index is 8.89. The van der Waals surface area contributed by atoms with Gasteiger partial charge in [-0.1, -0.05) is 5.16 Å².